The Hall–Kier alpha value is -1.50. The highest BCUT2D eigenvalue weighted by Gasteiger charge is 2.13. The van der Waals surface area contributed by atoms with E-state index in [4.69, 9.17) is 11.0 Å². The van der Waals surface area contributed by atoms with Crippen molar-refractivity contribution in [2.45, 2.75) is 6.92 Å². The summed E-state index contributed by atoms with van der Waals surface area (Å²) >= 11 is 0. The van der Waals surface area contributed by atoms with Crippen LogP contribution in [-0.4, -0.2) is 5.71 Å². The summed E-state index contributed by atoms with van der Waals surface area (Å²) in [6, 6.07) is 1.89. The van der Waals surface area contributed by atoms with E-state index < -0.39 is 0 Å². The summed E-state index contributed by atoms with van der Waals surface area (Å²) in [5, 5.41) is 12.0. The number of allylic oxidation sites excluding steroid dienone is 1. The van der Waals surface area contributed by atoms with Gasteiger partial charge in [0.05, 0.1) is 5.71 Å². The van der Waals surface area contributed by atoms with Gasteiger partial charge >= 0.3 is 0 Å². The summed E-state index contributed by atoms with van der Waals surface area (Å²) in [5.74, 6) is 0.218. The van der Waals surface area contributed by atoms with Crippen LogP contribution in [0.4, 0.5) is 0 Å². The highest BCUT2D eigenvalue weighted by molar-refractivity contribution is 6.03. The zero-order valence-corrected chi connectivity index (χ0v) is 4.92. The van der Waals surface area contributed by atoms with Gasteiger partial charge in [-0.2, -0.15) is 10.4 Å². The Balaban J connectivity index is 3.01. The van der Waals surface area contributed by atoms with Crippen molar-refractivity contribution in [1.82, 2.24) is 5.43 Å². The normalized spacial score (nSPS) is 16.7. The largest absolute Gasteiger partial charge is 0.381 e. The summed E-state index contributed by atoms with van der Waals surface area (Å²) in [5.41, 5.74) is 9.72. The van der Waals surface area contributed by atoms with Gasteiger partial charge in [0.1, 0.15) is 11.6 Å². The van der Waals surface area contributed by atoms with Crippen molar-refractivity contribution in [3.63, 3.8) is 0 Å². The first kappa shape index (κ1) is 5.63. The minimum atomic E-state index is 0.218. The maximum Gasteiger partial charge on any atom is 0.165 e. The van der Waals surface area contributed by atoms with Crippen molar-refractivity contribution in [2.24, 2.45) is 10.8 Å². The lowest BCUT2D eigenvalue weighted by molar-refractivity contribution is 0.875. The third-order valence-corrected chi connectivity index (χ3v) is 1.04. The van der Waals surface area contributed by atoms with E-state index in [2.05, 4.69) is 10.5 Å². The summed E-state index contributed by atoms with van der Waals surface area (Å²) in [7, 11) is 0. The van der Waals surface area contributed by atoms with Gasteiger partial charge in [0.2, 0.25) is 0 Å². The van der Waals surface area contributed by atoms with E-state index in [1.807, 2.05) is 6.07 Å². The molecule has 0 spiro atoms. The van der Waals surface area contributed by atoms with Crippen LogP contribution in [0.2, 0.25) is 0 Å². The second-order valence-electron chi connectivity index (χ2n) is 1.66. The summed E-state index contributed by atoms with van der Waals surface area (Å²) in [6.45, 7) is 1.70. The number of hydrogen-bond donors (Lipinski definition) is 1. The number of nitrogens with two attached hydrogens (primary N) is 1. The fraction of sp³-hybridized carbons (Fsp3) is 0.200. The van der Waals surface area contributed by atoms with Gasteiger partial charge in [0.25, 0.3) is 0 Å². The van der Waals surface area contributed by atoms with Gasteiger partial charge in [-0.05, 0) is 6.92 Å². The molecule has 4 heteroatoms. The first-order valence-corrected chi connectivity index (χ1v) is 2.41. The minimum Gasteiger partial charge on any atom is -0.381 e. The minimum absolute atomic E-state index is 0.218. The molecule has 0 bridgehead atoms. The molecule has 2 N–H and O–H groups in total. The lowest BCUT2D eigenvalue weighted by Crippen LogP contribution is -2.05. The molecule has 1 aliphatic heterocycles. The molecule has 0 amide bonds. The molecule has 0 saturated carbocycles. The van der Waals surface area contributed by atoms with Crippen molar-refractivity contribution < 1.29 is 0 Å². The molecule has 0 aromatic carbocycles. The maximum atomic E-state index is 8.38. The highest BCUT2D eigenvalue weighted by atomic mass is 15.3. The fourth-order valence-electron chi connectivity index (χ4n) is 0.552. The lowest BCUT2D eigenvalue weighted by Gasteiger charge is -1.85. The molecule has 9 heavy (non-hydrogen) atoms. The summed E-state index contributed by atoms with van der Waals surface area (Å²) in [4.78, 5) is 0. The van der Waals surface area contributed by atoms with Crippen LogP contribution < -0.4 is 11.2 Å². The van der Waals surface area contributed by atoms with Crippen LogP contribution in [0.15, 0.2) is 16.5 Å². The van der Waals surface area contributed by atoms with Crippen LogP contribution >= 0.6 is 0 Å². The van der Waals surface area contributed by atoms with Crippen LogP contribution in [0.1, 0.15) is 6.92 Å². The average Bonchev–Trinajstić information content (AvgIpc) is 2.12. The Morgan fingerprint density at radius 2 is 2.33 bits per heavy atom. The van der Waals surface area contributed by atoms with Gasteiger partial charge in [-0.25, -0.2) is 0 Å². The van der Waals surface area contributed by atoms with Crippen molar-refractivity contribution in [2.75, 3.05) is 0 Å². The van der Waals surface area contributed by atoms with Gasteiger partial charge in [-0.3, -0.25) is 0 Å². The zero-order valence-electron chi connectivity index (χ0n) is 4.92. The van der Waals surface area contributed by atoms with Crippen molar-refractivity contribution in [1.29, 1.82) is 5.26 Å². The molecule has 0 atom stereocenters. The molecule has 0 saturated heterocycles. The molecule has 0 aliphatic carbocycles. The molecule has 0 aromatic heterocycles. The first-order valence-electron chi connectivity index (χ1n) is 2.41. The molecule has 1 rings (SSSR count). The predicted octanol–water partition coefficient (Wildman–Crippen LogP) is -0.326. The standard InChI is InChI=1S/C5H5N4/c1-3-4(2-6)5(7)9-8-3/h7H2,1H3. The van der Waals surface area contributed by atoms with Gasteiger partial charge in [-0.1, -0.05) is 0 Å². The fourth-order valence-corrected chi connectivity index (χ4v) is 0.552. The van der Waals surface area contributed by atoms with Crippen LogP contribution in [-0.2, 0) is 0 Å². The van der Waals surface area contributed by atoms with E-state index >= 15 is 0 Å². The number of nitrogens with zero attached hydrogens (tertiary/aromatic N) is 3. The molecule has 1 radical (unpaired) electrons. The Bertz CT molecular complexity index is 230. The van der Waals surface area contributed by atoms with Crippen LogP contribution in [0.25, 0.3) is 0 Å². The molecule has 4 nitrogen and oxygen atoms in total. The molecular weight excluding hydrogens is 116 g/mol. The lowest BCUT2D eigenvalue weighted by atomic mass is 10.2. The maximum absolute atomic E-state index is 8.38. The predicted molar refractivity (Wildman–Crippen MR) is 32.1 cm³/mol. The molecule has 0 unspecified atom stereocenters. The zero-order chi connectivity index (χ0) is 6.85. The van der Waals surface area contributed by atoms with Gasteiger partial charge in [0.15, 0.2) is 5.82 Å². The molecule has 1 aliphatic rings. The second kappa shape index (κ2) is 1.78. The van der Waals surface area contributed by atoms with Crippen molar-refractivity contribution >= 4 is 5.71 Å². The quantitative estimate of drug-likeness (QED) is 0.476. The van der Waals surface area contributed by atoms with Crippen molar-refractivity contribution in [3.8, 4) is 6.07 Å². The van der Waals surface area contributed by atoms with Gasteiger partial charge in [-0.15, -0.1) is 5.43 Å². The molecule has 0 aromatic rings. The first-order chi connectivity index (χ1) is 4.25. The third kappa shape index (κ3) is 0.722. The number of nitriles is 1. The third-order valence-electron chi connectivity index (χ3n) is 1.04. The topological polar surface area (TPSA) is 76.3 Å². The van der Waals surface area contributed by atoms with Crippen LogP contribution in [0, 0.1) is 11.3 Å². The van der Waals surface area contributed by atoms with E-state index in [1.165, 1.54) is 0 Å². The SMILES string of the molecule is CC1=N[N]C(N)=C1C#N. The Morgan fingerprint density at radius 1 is 1.67 bits per heavy atom. The summed E-state index contributed by atoms with van der Waals surface area (Å²) in [6.07, 6.45) is 0. The van der Waals surface area contributed by atoms with Gasteiger partial charge < -0.3 is 5.73 Å². The highest BCUT2D eigenvalue weighted by Crippen LogP contribution is 2.05. The molecular formula is C5H5N4. The smallest absolute Gasteiger partial charge is 0.165 e. The van der Waals surface area contributed by atoms with E-state index in [0.29, 0.717) is 11.3 Å². The second-order valence-corrected chi connectivity index (χ2v) is 1.66. The van der Waals surface area contributed by atoms with E-state index in [9.17, 15) is 0 Å². The van der Waals surface area contributed by atoms with Crippen LogP contribution in [0.3, 0.4) is 0 Å². The molecule has 1 heterocycles. The van der Waals surface area contributed by atoms with E-state index in [1.54, 1.807) is 6.92 Å². The monoisotopic (exact) mass is 121 g/mol. The van der Waals surface area contributed by atoms with Crippen molar-refractivity contribution in [3.05, 3.63) is 11.4 Å². The number of rotatable bonds is 0. The Labute approximate surface area is 52.7 Å². The van der Waals surface area contributed by atoms with Gasteiger partial charge in [0, 0.05) is 0 Å². The number of hydrogen-bond acceptors (Lipinski definition) is 3. The van der Waals surface area contributed by atoms with E-state index in [-0.39, 0.29) is 5.82 Å². The van der Waals surface area contributed by atoms with Crippen LogP contribution in [0.5, 0.6) is 0 Å². The molecule has 45 valence electrons. The van der Waals surface area contributed by atoms with E-state index in [0.717, 1.165) is 0 Å². The Morgan fingerprint density at radius 3 is 2.56 bits per heavy atom. The summed E-state index contributed by atoms with van der Waals surface area (Å²) < 4.78 is 0. The Kier molecular flexibility index (Phi) is 1.12. The molecule has 0 fully saturated rings. The average molecular weight is 121 g/mol.